The number of piperidine rings is 1. The maximum absolute atomic E-state index is 11.9. The van der Waals surface area contributed by atoms with Crippen molar-refractivity contribution in [2.24, 2.45) is 4.99 Å². The average molecular weight is 290 g/mol. The number of carbonyl (C=O) groups is 1. The van der Waals surface area contributed by atoms with Gasteiger partial charge in [-0.25, -0.2) is 14.8 Å². The zero-order valence-electron chi connectivity index (χ0n) is 12.8. The van der Waals surface area contributed by atoms with E-state index >= 15 is 0 Å². The molecule has 0 saturated carbocycles. The number of nitrogens with zero attached hydrogens (tertiary/aromatic N) is 4. The van der Waals surface area contributed by atoms with E-state index in [0.29, 0.717) is 13.1 Å². The fourth-order valence-corrected chi connectivity index (χ4v) is 2.08. The van der Waals surface area contributed by atoms with Crippen molar-refractivity contribution in [3.63, 3.8) is 0 Å². The van der Waals surface area contributed by atoms with Crippen LogP contribution in [0.25, 0.3) is 0 Å². The summed E-state index contributed by atoms with van der Waals surface area (Å²) >= 11 is 0. The summed E-state index contributed by atoms with van der Waals surface area (Å²) in [6.45, 7) is 7.00. The van der Waals surface area contributed by atoms with E-state index < -0.39 is 5.60 Å². The van der Waals surface area contributed by atoms with Crippen molar-refractivity contribution in [2.75, 3.05) is 13.1 Å². The maximum atomic E-state index is 11.9. The predicted molar refractivity (Wildman–Crippen MR) is 80.5 cm³/mol. The van der Waals surface area contributed by atoms with Gasteiger partial charge >= 0.3 is 6.09 Å². The molecule has 0 aliphatic carbocycles. The van der Waals surface area contributed by atoms with E-state index in [1.807, 2.05) is 26.8 Å². The number of amides is 1. The standard InChI is InChI=1S/C15H22N4O2/c1-15(2,3)21-14(20)19-8-5-12(6-9-19)17-10-13-4-7-16-11-18-13/h4,7,10-12H,5-6,8-9H2,1-3H3. The van der Waals surface area contributed by atoms with Crippen LogP contribution >= 0.6 is 0 Å². The van der Waals surface area contributed by atoms with Gasteiger partial charge in [-0.05, 0) is 39.7 Å². The monoisotopic (exact) mass is 290 g/mol. The molecule has 0 atom stereocenters. The smallest absolute Gasteiger partial charge is 0.410 e. The molecule has 0 N–H and O–H groups in total. The van der Waals surface area contributed by atoms with Crippen molar-refractivity contribution in [3.8, 4) is 0 Å². The van der Waals surface area contributed by atoms with Crippen LogP contribution in [0.5, 0.6) is 0 Å². The Balaban J connectivity index is 1.81. The highest BCUT2D eigenvalue weighted by atomic mass is 16.6. The third-order valence-electron chi connectivity index (χ3n) is 3.14. The van der Waals surface area contributed by atoms with E-state index in [1.165, 1.54) is 6.33 Å². The highest BCUT2D eigenvalue weighted by Gasteiger charge is 2.26. The summed E-state index contributed by atoms with van der Waals surface area (Å²) in [5.41, 5.74) is 0.360. The van der Waals surface area contributed by atoms with E-state index in [4.69, 9.17) is 4.74 Å². The van der Waals surface area contributed by atoms with Crippen LogP contribution in [-0.2, 0) is 4.74 Å². The Hall–Kier alpha value is -1.98. The number of aliphatic imine (C=N–C) groups is 1. The summed E-state index contributed by atoms with van der Waals surface area (Å²) in [4.78, 5) is 26.2. The lowest BCUT2D eigenvalue weighted by atomic mass is 10.1. The van der Waals surface area contributed by atoms with Crippen LogP contribution in [0.2, 0.25) is 0 Å². The summed E-state index contributed by atoms with van der Waals surface area (Å²) in [6, 6.07) is 2.05. The third kappa shape index (κ3) is 5.13. The predicted octanol–water partition coefficient (Wildman–Crippen LogP) is 2.29. The summed E-state index contributed by atoms with van der Waals surface area (Å²) < 4.78 is 5.37. The highest BCUT2D eigenvalue weighted by Crippen LogP contribution is 2.17. The first-order valence-corrected chi connectivity index (χ1v) is 7.21. The largest absolute Gasteiger partial charge is 0.444 e. The van der Waals surface area contributed by atoms with Gasteiger partial charge in [-0.1, -0.05) is 0 Å². The number of hydrogen-bond donors (Lipinski definition) is 0. The van der Waals surface area contributed by atoms with E-state index in [0.717, 1.165) is 18.5 Å². The number of carbonyl (C=O) groups excluding carboxylic acids is 1. The molecule has 0 unspecified atom stereocenters. The average Bonchev–Trinajstić information content (AvgIpc) is 2.45. The first-order valence-electron chi connectivity index (χ1n) is 7.21. The van der Waals surface area contributed by atoms with Gasteiger partial charge in [0.1, 0.15) is 11.9 Å². The molecule has 0 aromatic carbocycles. The Labute approximate surface area is 125 Å². The van der Waals surface area contributed by atoms with Gasteiger partial charge in [-0.3, -0.25) is 4.99 Å². The second-order valence-electron chi connectivity index (χ2n) is 6.11. The van der Waals surface area contributed by atoms with Gasteiger partial charge in [0.2, 0.25) is 0 Å². The van der Waals surface area contributed by atoms with Crippen LogP contribution in [0.4, 0.5) is 4.79 Å². The second-order valence-corrected chi connectivity index (χ2v) is 6.11. The molecule has 6 nitrogen and oxygen atoms in total. The van der Waals surface area contributed by atoms with Crippen molar-refractivity contribution >= 4 is 12.3 Å². The quantitative estimate of drug-likeness (QED) is 0.784. The van der Waals surface area contributed by atoms with E-state index in [-0.39, 0.29) is 12.1 Å². The minimum Gasteiger partial charge on any atom is -0.444 e. The summed E-state index contributed by atoms with van der Waals surface area (Å²) in [6.07, 6.45) is 6.43. The molecule has 0 bridgehead atoms. The summed E-state index contributed by atoms with van der Waals surface area (Å²) in [5.74, 6) is 0. The third-order valence-corrected chi connectivity index (χ3v) is 3.14. The fraction of sp³-hybridized carbons (Fsp3) is 0.600. The summed E-state index contributed by atoms with van der Waals surface area (Å²) in [7, 11) is 0. The van der Waals surface area contributed by atoms with Gasteiger partial charge in [0, 0.05) is 25.5 Å². The zero-order chi connectivity index (χ0) is 15.3. The molecule has 21 heavy (non-hydrogen) atoms. The van der Waals surface area contributed by atoms with Gasteiger partial charge in [-0.2, -0.15) is 0 Å². The molecule has 6 heteroatoms. The topological polar surface area (TPSA) is 67.7 Å². The number of aromatic nitrogens is 2. The molecule has 1 aromatic heterocycles. The van der Waals surface area contributed by atoms with Crippen molar-refractivity contribution in [1.82, 2.24) is 14.9 Å². The first-order chi connectivity index (χ1) is 9.94. The zero-order valence-corrected chi connectivity index (χ0v) is 12.8. The lowest BCUT2D eigenvalue weighted by Gasteiger charge is -2.32. The van der Waals surface area contributed by atoms with Gasteiger partial charge in [0.05, 0.1) is 11.7 Å². The van der Waals surface area contributed by atoms with Crippen molar-refractivity contribution < 1.29 is 9.53 Å². The lowest BCUT2D eigenvalue weighted by Crippen LogP contribution is -2.42. The molecule has 114 valence electrons. The Morgan fingerprint density at radius 2 is 2.14 bits per heavy atom. The molecule has 1 fully saturated rings. The van der Waals surface area contributed by atoms with E-state index in [1.54, 1.807) is 17.3 Å². The van der Waals surface area contributed by atoms with Crippen LogP contribution in [-0.4, -0.2) is 51.9 Å². The lowest BCUT2D eigenvalue weighted by molar-refractivity contribution is 0.0207. The Kier molecular flexibility index (Phi) is 4.88. The Morgan fingerprint density at radius 3 is 2.71 bits per heavy atom. The molecule has 0 radical (unpaired) electrons. The molecule has 2 heterocycles. The van der Waals surface area contributed by atoms with Gasteiger partial charge in [-0.15, -0.1) is 0 Å². The van der Waals surface area contributed by atoms with Gasteiger partial charge < -0.3 is 9.64 Å². The molecule has 1 amide bonds. The van der Waals surface area contributed by atoms with E-state index in [9.17, 15) is 4.79 Å². The summed E-state index contributed by atoms with van der Waals surface area (Å²) in [5, 5.41) is 0. The van der Waals surface area contributed by atoms with Gasteiger partial charge in [0.15, 0.2) is 0 Å². The molecular weight excluding hydrogens is 268 g/mol. The maximum Gasteiger partial charge on any atom is 0.410 e. The molecular formula is C15H22N4O2. The van der Waals surface area contributed by atoms with Crippen LogP contribution in [0.15, 0.2) is 23.6 Å². The highest BCUT2D eigenvalue weighted by molar-refractivity contribution is 5.76. The van der Waals surface area contributed by atoms with Crippen LogP contribution < -0.4 is 0 Å². The number of likely N-dealkylation sites (tertiary alicyclic amines) is 1. The molecule has 1 saturated heterocycles. The number of hydrogen-bond acceptors (Lipinski definition) is 5. The van der Waals surface area contributed by atoms with Crippen molar-refractivity contribution in [3.05, 3.63) is 24.3 Å². The Morgan fingerprint density at radius 1 is 1.43 bits per heavy atom. The second kappa shape index (κ2) is 6.65. The molecule has 2 rings (SSSR count). The Bertz CT molecular complexity index is 488. The molecule has 1 aliphatic heterocycles. The van der Waals surface area contributed by atoms with Crippen molar-refractivity contribution in [1.29, 1.82) is 0 Å². The minimum atomic E-state index is -0.445. The van der Waals surface area contributed by atoms with Crippen molar-refractivity contribution in [2.45, 2.75) is 45.3 Å². The van der Waals surface area contributed by atoms with Gasteiger partial charge in [0.25, 0.3) is 0 Å². The molecule has 0 spiro atoms. The SMILES string of the molecule is CC(C)(C)OC(=O)N1CCC(N=Cc2ccncn2)CC1. The fourth-order valence-electron chi connectivity index (χ4n) is 2.08. The molecule has 1 aromatic rings. The number of rotatable bonds is 2. The first kappa shape index (κ1) is 15.4. The van der Waals surface area contributed by atoms with Crippen LogP contribution in [0, 0.1) is 0 Å². The molecule has 1 aliphatic rings. The number of ether oxygens (including phenoxy) is 1. The van der Waals surface area contributed by atoms with Crippen LogP contribution in [0.3, 0.4) is 0 Å². The van der Waals surface area contributed by atoms with Crippen LogP contribution in [0.1, 0.15) is 39.3 Å². The van der Waals surface area contributed by atoms with E-state index in [2.05, 4.69) is 15.0 Å². The minimum absolute atomic E-state index is 0.235. The normalized spacial score (nSPS) is 17.2.